The third-order valence-electron chi connectivity index (χ3n) is 2.99. The maximum atomic E-state index is 12.2. The summed E-state index contributed by atoms with van der Waals surface area (Å²) in [6.07, 6.45) is 1.66. The Balaban J connectivity index is 2.56. The van der Waals surface area contributed by atoms with Crippen LogP contribution in [0.25, 0.3) is 5.69 Å². The Hall–Kier alpha value is -2.10. The molecule has 100 valence electrons. The van der Waals surface area contributed by atoms with Gasteiger partial charge in [0, 0.05) is 14.1 Å². The van der Waals surface area contributed by atoms with Gasteiger partial charge in [-0.1, -0.05) is 32.0 Å². The van der Waals surface area contributed by atoms with Gasteiger partial charge in [-0.25, -0.2) is 4.68 Å². The molecule has 0 fully saturated rings. The second kappa shape index (κ2) is 5.26. The molecule has 4 nitrogen and oxygen atoms in total. The van der Waals surface area contributed by atoms with Gasteiger partial charge in [0.1, 0.15) is 0 Å². The van der Waals surface area contributed by atoms with Crippen molar-refractivity contribution >= 4 is 5.91 Å². The van der Waals surface area contributed by atoms with E-state index in [1.54, 1.807) is 25.2 Å². The van der Waals surface area contributed by atoms with Crippen molar-refractivity contribution in [1.29, 1.82) is 0 Å². The van der Waals surface area contributed by atoms with Gasteiger partial charge >= 0.3 is 0 Å². The highest BCUT2D eigenvalue weighted by atomic mass is 16.2. The average Bonchev–Trinajstić information content (AvgIpc) is 2.83. The number of nitrogens with zero attached hydrogens (tertiary/aromatic N) is 3. The van der Waals surface area contributed by atoms with Gasteiger partial charge in [0.15, 0.2) is 0 Å². The molecule has 0 atom stereocenters. The third-order valence-corrected chi connectivity index (χ3v) is 2.99. The molecule has 1 aromatic heterocycles. The molecule has 19 heavy (non-hydrogen) atoms. The Kier molecular flexibility index (Phi) is 3.69. The van der Waals surface area contributed by atoms with Crippen molar-refractivity contribution in [2.45, 2.75) is 19.8 Å². The van der Waals surface area contributed by atoms with Crippen molar-refractivity contribution in [3.63, 3.8) is 0 Å². The average molecular weight is 257 g/mol. The number of hydrogen-bond donors (Lipinski definition) is 0. The van der Waals surface area contributed by atoms with Crippen molar-refractivity contribution in [3.8, 4) is 5.69 Å². The molecule has 0 spiro atoms. The zero-order valence-electron chi connectivity index (χ0n) is 11.8. The molecule has 0 unspecified atom stereocenters. The highest BCUT2D eigenvalue weighted by molar-refractivity contribution is 5.95. The summed E-state index contributed by atoms with van der Waals surface area (Å²) in [7, 11) is 3.51. The van der Waals surface area contributed by atoms with Crippen molar-refractivity contribution in [1.82, 2.24) is 14.7 Å². The van der Waals surface area contributed by atoms with Crippen molar-refractivity contribution < 1.29 is 4.79 Å². The molecule has 1 heterocycles. The van der Waals surface area contributed by atoms with Gasteiger partial charge in [-0.3, -0.25) is 4.79 Å². The molecule has 2 aromatic rings. The molecule has 0 bridgehead atoms. The summed E-state index contributed by atoms with van der Waals surface area (Å²) >= 11 is 0. The zero-order valence-corrected chi connectivity index (χ0v) is 11.8. The topological polar surface area (TPSA) is 38.1 Å². The number of carbonyl (C=O) groups is 1. The summed E-state index contributed by atoms with van der Waals surface area (Å²) in [5, 5.41) is 4.38. The number of amides is 1. The number of benzene rings is 1. The summed E-state index contributed by atoms with van der Waals surface area (Å²) in [5.74, 6) is 0.215. The predicted molar refractivity (Wildman–Crippen MR) is 75.7 cm³/mol. The van der Waals surface area contributed by atoms with Crippen LogP contribution in [-0.2, 0) is 0 Å². The summed E-state index contributed by atoms with van der Waals surface area (Å²) in [5.41, 5.74) is 2.60. The molecule has 2 rings (SSSR count). The molecule has 0 saturated heterocycles. The largest absolute Gasteiger partial charge is 0.345 e. The molecule has 0 N–H and O–H groups in total. The number of carbonyl (C=O) groups excluding carboxylic acids is 1. The minimum atomic E-state index is -0.00844. The molecule has 0 aliphatic rings. The smallest absolute Gasteiger partial charge is 0.256 e. The molecule has 1 amide bonds. The molecular weight excluding hydrogens is 238 g/mol. The first-order valence-corrected chi connectivity index (χ1v) is 6.37. The van der Waals surface area contributed by atoms with E-state index in [0.29, 0.717) is 5.56 Å². The fraction of sp³-hybridized carbons (Fsp3) is 0.333. The van der Waals surface area contributed by atoms with Crippen LogP contribution in [0.4, 0.5) is 0 Å². The van der Waals surface area contributed by atoms with Gasteiger partial charge < -0.3 is 4.90 Å². The lowest BCUT2D eigenvalue weighted by atomic mass is 10.0. The van der Waals surface area contributed by atoms with Crippen molar-refractivity contribution in [2.75, 3.05) is 14.1 Å². The number of hydrogen-bond acceptors (Lipinski definition) is 2. The molecule has 0 aliphatic heterocycles. The van der Waals surface area contributed by atoms with Crippen LogP contribution in [0.2, 0.25) is 0 Å². The monoisotopic (exact) mass is 257 g/mol. The molecule has 0 aliphatic carbocycles. The van der Waals surface area contributed by atoms with E-state index >= 15 is 0 Å². The van der Waals surface area contributed by atoms with E-state index in [2.05, 4.69) is 18.9 Å². The van der Waals surface area contributed by atoms with Gasteiger partial charge in [-0.05, 0) is 18.1 Å². The van der Waals surface area contributed by atoms with Crippen LogP contribution >= 0.6 is 0 Å². The normalized spacial score (nSPS) is 10.8. The maximum Gasteiger partial charge on any atom is 0.256 e. The van der Waals surface area contributed by atoms with Gasteiger partial charge in [-0.15, -0.1) is 0 Å². The Bertz CT molecular complexity index is 570. The Morgan fingerprint density at radius 1 is 1.21 bits per heavy atom. The summed E-state index contributed by atoms with van der Waals surface area (Å²) in [4.78, 5) is 13.8. The molecule has 0 saturated carbocycles. The molecule has 0 radical (unpaired) electrons. The number of aromatic nitrogens is 2. The fourth-order valence-corrected chi connectivity index (χ4v) is 2.09. The van der Waals surface area contributed by atoms with E-state index in [9.17, 15) is 4.79 Å². The van der Waals surface area contributed by atoms with Crippen LogP contribution in [-0.4, -0.2) is 34.7 Å². The first-order chi connectivity index (χ1) is 9.02. The first-order valence-electron chi connectivity index (χ1n) is 6.37. The molecule has 4 heteroatoms. The molecule has 1 aromatic carbocycles. The van der Waals surface area contributed by atoms with Crippen LogP contribution in [0.15, 0.2) is 36.5 Å². The Morgan fingerprint density at radius 3 is 2.37 bits per heavy atom. The van der Waals surface area contributed by atoms with Gasteiger partial charge in [0.05, 0.1) is 23.1 Å². The van der Waals surface area contributed by atoms with Crippen molar-refractivity contribution in [3.05, 3.63) is 47.8 Å². The van der Waals surface area contributed by atoms with E-state index in [1.165, 1.54) is 0 Å². The second-order valence-corrected chi connectivity index (χ2v) is 5.05. The lowest BCUT2D eigenvalue weighted by molar-refractivity contribution is 0.0826. The number of para-hydroxylation sites is 1. The lowest BCUT2D eigenvalue weighted by Gasteiger charge is -2.15. The Morgan fingerprint density at radius 2 is 1.84 bits per heavy atom. The SMILES string of the molecule is CC(C)c1c(C(=O)N(C)C)cnn1-c1ccccc1. The van der Waals surface area contributed by atoms with Crippen LogP contribution < -0.4 is 0 Å². The third kappa shape index (κ3) is 2.52. The van der Waals surface area contributed by atoms with Gasteiger partial charge in [-0.2, -0.15) is 5.10 Å². The minimum absolute atomic E-state index is 0.00844. The zero-order chi connectivity index (χ0) is 14.0. The summed E-state index contributed by atoms with van der Waals surface area (Å²) in [6, 6.07) is 9.88. The van der Waals surface area contributed by atoms with Crippen LogP contribution in [0.1, 0.15) is 35.8 Å². The standard InChI is InChI=1S/C15H19N3O/c1-11(2)14-13(15(19)17(3)4)10-16-18(14)12-8-6-5-7-9-12/h5-11H,1-4H3. The van der Waals surface area contributed by atoms with Gasteiger partial charge in [0.2, 0.25) is 0 Å². The maximum absolute atomic E-state index is 12.2. The first kappa shape index (κ1) is 13.3. The van der Waals surface area contributed by atoms with E-state index in [0.717, 1.165) is 11.4 Å². The predicted octanol–water partition coefficient (Wildman–Crippen LogP) is 2.70. The van der Waals surface area contributed by atoms with Gasteiger partial charge in [0.25, 0.3) is 5.91 Å². The van der Waals surface area contributed by atoms with E-state index in [4.69, 9.17) is 0 Å². The van der Waals surface area contributed by atoms with E-state index < -0.39 is 0 Å². The van der Waals surface area contributed by atoms with E-state index in [-0.39, 0.29) is 11.8 Å². The Labute approximate surface area is 113 Å². The number of rotatable bonds is 3. The van der Waals surface area contributed by atoms with Crippen LogP contribution in [0, 0.1) is 0 Å². The second-order valence-electron chi connectivity index (χ2n) is 5.05. The summed E-state index contributed by atoms with van der Waals surface area (Å²) < 4.78 is 1.85. The molecular formula is C15H19N3O. The quantitative estimate of drug-likeness (QED) is 0.848. The highest BCUT2D eigenvalue weighted by Crippen LogP contribution is 2.23. The van der Waals surface area contributed by atoms with Crippen LogP contribution in [0.3, 0.4) is 0 Å². The van der Waals surface area contributed by atoms with E-state index in [1.807, 2.05) is 35.0 Å². The minimum Gasteiger partial charge on any atom is -0.345 e. The van der Waals surface area contributed by atoms with Crippen molar-refractivity contribution in [2.24, 2.45) is 0 Å². The summed E-state index contributed by atoms with van der Waals surface area (Å²) in [6.45, 7) is 4.14. The lowest BCUT2D eigenvalue weighted by Crippen LogP contribution is -2.23. The highest BCUT2D eigenvalue weighted by Gasteiger charge is 2.21. The fourth-order valence-electron chi connectivity index (χ4n) is 2.09. The van der Waals surface area contributed by atoms with Crippen LogP contribution in [0.5, 0.6) is 0 Å².